The Morgan fingerprint density at radius 2 is 2.08 bits per heavy atom. The Hall–Kier alpha value is -0.420. The molecule has 0 saturated heterocycles. The summed E-state index contributed by atoms with van der Waals surface area (Å²) in [6.07, 6.45) is 1.41. The molecule has 1 unspecified atom stereocenters. The van der Waals surface area contributed by atoms with Crippen LogP contribution in [0.15, 0.2) is 10.5 Å². The molecule has 0 radical (unpaired) electrons. The Kier molecular flexibility index (Phi) is 2.51. The molecule has 0 aliphatic heterocycles. The average molecular weight is 218 g/mol. The Balaban J connectivity index is 3.35. The first-order valence-corrected chi connectivity index (χ1v) is 6.75. The van der Waals surface area contributed by atoms with Gasteiger partial charge in [-0.15, -0.1) is 11.3 Å². The molecule has 13 heavy (non-hydrogen) atoms. The second-order valence-electron chi connectivity index (χ2n) is 4.08. The maximum absolute atomic E-state index is 11.5. The van der Waals surface area contributed by atoms with Crippen LogP contribution in [0.25, 0.3) is 0 Å². The van der Waals surface area contributed by atoms with Gasteiger partial charge in [0.15, 0.2) is 0 Å². The van der Waals surface area contributed by atoms with Crippen molar-refractivity contribution in [3.8, 4) is 0 Å². The minimum absolute atomic E-state index is 0.0732. The summed E-state index contributed by atoms with van der Waals surface area (Å²) in [4.78, 5) is 4.96. The largest absolute Gasteiger partial charge is 0.248 e. The highest BCUT2D eigenvalue weighted by Gasteiger charge is 2.24. The van der Waals surface area contributed by atoms with Gasteiger partial charge < -0.3 is 0 Å². The van der Waals surface area contributed by atoms with E-state index in [1.807, 2.05) is 20.8 Å². The molecule has 1 aromatic heterocycles. The third-order valence-corrected chi connectivity index (χ3v) is 4.01. The van der Waals surface area contributed by atoms with Gasteiger partial charge in [-0.05, 0) is 5.41 Å². The van der Waals surface area contributed by atoms with Gasteiger partial charge in [0.2, 0.25) is 0 Å². The van der Waals surface area contributed by atoms with Crippen molar-refractivity contribution in [1.82, 2.24) is 4.98 Å². The number of aromatic nitrogens is 1. The molecule has 0 bridgehead atoms. The van der Waals surface area contributed by atoms with Crippen LogP contribution in [0.3, 0.4) is 0 Å². The lowest BCUT2D eigenvalue weighted by Crippen LogP contribution is -2.13. The van der Waals surface area contributed by atoms with Gasteiger partial charge in [-0.25, -0.2) is 14.0 Å². The third kappa shape index (κ3) is 2.28. The Morgan fingerprint density at radius 3 is 2.38 bits per heavy atom. The zero-order chi connectivity index (χ0) is 10.3. The zero-order valence-electron chi connectivity index (χ0n) is 8.25. The van der Waals surface area contributed by atoms with E-state index in [-0.39, 0.29) is 5.41 Å². The number of hydrogen-bond donors (Lipinski definition) is 1. The Morgan fingerprint density at radius 1 is 1.54 bits per heavy atom. The minimum Gasteiger partial charge on any atom is -0.248 e. The van der Waals surface area contributed by atoms with E-state index in [1.165, 1.54) is 17.6 Å². The summed E-state index contributed by atoms with van der Waals surface area (Å²) in [5.41, 5.74) is 1.59. The number of nitrogens with one attached hydrogen (secondary N) is 1. The molecule has 1 atom stereocenters. The van der Waals surface area contributed by atoms with Crippen LogP contribution in [-0.4, -0.2) is 15.4 Å². The Labute approximate surface area is 83.2 Å². The fourth-order valence-electron chi connectivity index (χ4n) is 1.01. The van der Waals surface area contributed by atoms with E-state index in [0.29, 0.717) is 5.03 Å². The van der Waals surface area contributed by atoms with Crippen LogP contribution in [0.4, 0.5) is 0 Å². The van der Waals surface area contributed by atoms with Gasteiger partial charge in [0.05, 0.1) is 15.2 Å². The Bertz CT molecular complexity index is 398. The second-order valence-corrected chi connectivity index (χ2v) is 7.01. The van der Waals surface area contributed by atoms with Crippen molar-refractivity contribution in [3.63, 3.8) is 0 Å². The summed E-state index contributed by atoms with van der Waals surface area (Å²) in [5.74, 6) is 0. The van der Waals surface area contributed by atoms with E-state index < -0.39 is 9.73 Å². The van der Waals surface area contributed by atoms with Crippen LogP contribution < -0.4 is 0 Å². The van der Waals surface area contributed by atoms with Crippen LogP contribution in [-0.2, 0) is 15.1 Å². The van der Waals surface area contributed by atoms with Crippen LogP contribution in [0.1, 0.15) is 25.6 Å². The molecule has 1 N–H and O–H groups in total. The molecule has 0 amide bonds. The average Bonchev–Trinajstić information content (AvgIpc) is 2.27. The lowest BCUT2D eigenvalue weighted by molar-refractivity contribution is 0.584. The van der Waals surface area contributed by atoms with E-state index in [9.17, 15) is 4.21 Å². The van der Waals surface area contributed by atoms with Crippen molar-refractivity contribution in [2.24, 2.45) is 0 Å². The summed E-state index contributed by atoms with van der Waals surface area (Å²) >= 11 is 1.47. The first-order valence-electron chi connectivity index (χ1n) is 3.90. The third-order valence-electron chi connectivity index (χ3n) is 1.58. The summed E-state index contributed by atoms with van der Waals surface area (Å²) in [7, 11) is -2.67. The van der Waals surface area contributed by atoms with Gasteiger partial charge in [0, 0.05) is 11.1 Å². The van der Waals surface area contributed by atoms with Gasteiger partial charge >= 0.3 is 0 Å². The van der Waals surface area contributed by atoms with Crippen LogP contribution in [0.5, 0.6) is 0 Å². The molecule has 0 spiro atoms. The van der Waals surface area contributed by atoms with Crippen molar-refractivity contribution >= 4 is 21.1 Å². The molecule has 0 aliphatic carbocycles. The molecular weight excluding hydrogens is 204 g/mol. The molecule has 3 nitrogen and oxygen atoms in total. The summed E-state index contributed by atoms with van der Waals surface area (Å²) in [6.45, 7) is 6.11. The second kappa shape index (κ2) is 3.06. The lowest BCUT2D eigenvalue weighted by Gasteiger charge is -2.17. The normalized spacial score (nSPS) is 16.9. The van der Waals surface area contributed by atoms with E-state index in [4.69, 9.17) is 4.78 Å². The monoisotopic (exact) mass is 218 g/mol. The molecule has 1 rings (SSSR count). The summed E-state index contributed by atoms with van der Waals surface area (Å²) in [6, 6.07) is 0. The SMILES string of the molecule is CC(C)(C)c1scnc1S(C)(=N)=O. The highest BCUT2D eigenvalue weighted by atomic mass is 32.2. The highest BCUT2D eigenvalue weighted by Crippen LogP contribution is 2.31. The molecular formula is C8H14N2OS2. The predicted molar refractivity (Wildman–Crippen MR) is 55.9 cm³/mol. The van der Waals surface area contributed by atoms with Gasteiger partial charge in [0.25, 0.3) is 0 Å². The van der Waals surface area contributed by atoms with Crippen molar-refractivity contribution in [2.45, 2.75) is 31.2 Å². The molecule has 5 heteroatoms. The standard InChI is InChI=1S/C8H14N2OS2/c1-8(2,3)6-7(10-5-12-6)13(4,9)11/h5,9H,1-4H3. The molecule has 0 saturated carbocycles. The van der Waals surface area contributed by atoms with Crippen molar-refractivity contribution in [3.05, 3.63) is 10.4 Å². The number of hydrogen-bond acceptors (Lipinski definition) is 4. The van der Waals surface area contributed by atoms with Crippen LogP contribution in [0.2, 0.25) is 0 Å². The van der Waals surface area contributed by atoms with Crippen molar-refractivity contribution in [1.29, 1.82) is 4.78 Å². The first kappa shape index (κ1) is 10.7. The van der Waals surface area contributed by atoms with Crippen molar-refractivity contribution < 1.29 is 4.21 Å². The smallest absolute Gasteiger partial charge is 0.149 e. The van der Waals surface area contributed by atoms with E-state index in [2.05, 4.69) is 4.98 Å². The van der Waals surface area contributed by atoms with Crippen molar-refractivity contribution in [2.75, 3.05) is 6.26 Å². The number of nitrogens with zero attached hydrogens (tertiary/aromatic N) is 1. The molecule has 1 aromatic rings. The molecule has 74 valence electrons. The predicted octanol–water partition coefficient (Wildman–Crippen LogP) is 2.48. The van der Waals surface area contributed by atoms with E-state index >= 15 is 0 Å². The van der Waals surface area contributed by atoms with Gasteiger partial charge in [-0.3, -0.25) is 0 Å². The van der Waals surface area contributed by atoms with E-state index in [1.54, 1.807) is 5.51 Å². The molecule has 0 aliphatic rings. The number of rotatable bonds is 1. The quantitative estimate of drug-likeness (QED) is 0.787. The lowest BCUT2D eigenvalue weighted by atomic mass is 9.95. The van der Waals surface area contributed by atoms with Crippen LogP contribution >= 0.6 is 11.3 Å². The fourth-order valence-corrected chi connectivity index (χ4v) is 3.38. The van der Waals surface area contributed by atoms with Gasteiger partial charge in [-0.2, -0.15) is 0 Å². The maximum atomic E-state index is 11.5. The maximum Gasteiger partial charge on any atom is 0.149 e. The molecule has 0 fully saturated rings. The highest BCUT2D eigenvalue weighted by molar-refractivity contribution is 7.91. The first-order chi connectivity index (χ1) is 5.73. The summed E-state index contributed by atoms with van der Waals surface area (Å²) < 4.78 is 19.0. The topological polar surface area (TPSA) is 53.8 Å². The zero-order valence-corrected chi connectivity index (χ0v) is 9.88. The van der Waals surface area contributed by atoms with Gasteiger partial charge in [-0.1, -0.05) is 20.8 Å². The van der Waals surface area contributed by atoms with E-state index in [0.717, 1.165) is 4.88 Å². The van der Waals surface area contributed by atoms with Gasteiger partial charge in [0.1, 0.15) is 5.03 Å². The number of thiazole rings is 1. The molecule has 0 aromatic carbocycles. The fraction of sp³-hybridized carbons (Fsp3) is 0.625. The minimum atomic E-state index is -2.67. The summed E-state index contributed by atoms with van der Waals surface area (Å²) in [5, 5.41) is 0.449. The molecule has 1 heterocycles. The van der Waals surface area contributed by atoms with Crippen LogP contribution in [0, 0.1) is 4.78 Å².